The highest BCUT2D eigenvalue weighted by atomic mass is 35.5. The van der Waals surface area contributed by atoms with E-state index in [1.165, 1.54) is 12.1 Å². The summed E-state index contributed by atoms with van der Waals surface area (Å²) in [5.41, 5.74) is 1.41. The fourth-order valence-electron chi connectivity index (χ4n) is 7.50. The summed E-state index contributed by atoms with van der Waals surface area (Å²) in [6, 6.07) is 13.0. The smallest absolute Gasteiger partial charge is 0.422 e. The molecule has 2 amide bonds. The van der Waals surface area contributed by atoms with E-state index in [4.69, 9.17) is 27.9 Å². The number of quaternary nitrogens is 1. The van der Waals surface area contributed by atoms with Crippen LogP contribution in [0.25, 0.3) is 0 Å². The molecule has 54 heavy (non-hydrogen) atoms. The van der Waals surface area contributed by atoms with Crippen molar-refractivity contribution in [3.8, 4) is 0 Å². The monoisotopic (exact) mass is 847 g/mol. The third-order valence-electron chi connectivity index (χ3n) is 9.84. The van der Waals surface area contributed by atoms with E-state index < -0.39 is 40.4 Å². The summed E-state index contributed by atoms with van der Waals surface area (Å²) in [6.45, 7) is 6.73. The fourth-order valence-corrected chi connectivity index (χ4v) is 9.23. The molecule has 2 heterocycles. The number of benzene rings is 2. The number of rotatable bonds is 10. The standard InChI is InChI=1S/C37H44Cl2N4O8S.2ClH/c1-37(2,3)51-36(49)41-42-17-19-43(20-18-42,23-11-6-4-7-12-23)29(44)21-27-31(34(45)46)33(30-25(38)15-10-16-26(30)39)32(35(47)48)28(40-27)22-52(50)24-13-8-5-9-14-24;;/h5,8-10,13-16,23,33,40H,4,6-7,11-12,17-22H2,1-3H3,(H2-,41,45,46,47,48,49);2*1H/p+1/t33?,52-;;/m0../s1. The van der Waals surface area contributed by atoms with Gasteiger partial charge in [-0.05, 0) is 70.7 Å². The highest BCUT2D eigenvalue weighted by molar-refractivity contribution is 7.85. The Kier molecular flexibility index (Phi) is 16.0. The van der Waals surface area contributed by atoms with Crippen LogP contribution in [-0.4, -0.2) is 91.4 Å². The average molecular weight is 850 g/mol. The number of nitrogens with zero attached hydrogens (tertiary/aromatic N) is 2. The van der Waals surface area contributed by atoms with Crippen molar-refractivity contribution in [1.29, 1.82) is 0 Å². The van der Waals surface area contributed by atoms with Gasteiger partial charge in [0.05, 0.1) is 52.7 Å². The van der Waals surface area contributed by atoms with Crippen LogP contribution in [0.15, 0.2) is 76.0 Å². The van der Waals surface area contributed by atoms with Gasteiger partial charge >= 0.3 is 23.9 Å². The van der Waals surface area contributed by atoms with E-state index in [2.05, 4.69) is 10.7 Å². The minimum atomic E-state index is -1.74. The fraction of sp³-hybridized carbons (Fsp3) is 0.459. The van der Waals surface area contributed by atoms with Crippen LogP contribution in [-0.2, 0) is 29.9 Å². The number of ether oxygens (including phenoxy) is 1. The van der Waals surface area contributed by atoms with Crippen molar-refractivity contribution in [3.05, 3.63) is 86.7 Å². The number of piperazine rings is 1. The third-order valence-corrected chi connectivity index (χ3v) is 11.9. The molecule has 5 rings (SSSR count). The van der Waals surface area contributed by atoms with Gasteiger partial charge in [0.15, 0.2) is 0 Å². The number of carboxylic acids is 2. The van der Waals surface area contributed by atoms with Crippen molar-refractivity contribution >= 4 is 82.8 Å². The first kappa shape index (κ1) is 45.2. The molecule has 0 bridgehead atoms. The molecular formula is C37H47Cl4N4O8S+. The number of carboxylic acid groups (broad SMARTS) is 2. The van der Waals surface area contributed by atoms with Crippen molar-refractivity contribution < 1.29 is 42.8 Å². The van der Waals surface area contributed by atoms with Crippen LogP contribution in [0.3, 0.4) is 0 Å². The Labute approximate surface area is 340 Å². The predicted molar refractivity (Wildman–Crippen MR) is 211 cm³/mol. The number of dihydropyridines is 1. The topological polar surface area (TPSA) is 162 Å². The van der Waals surface area contributed by atoms with Crippen LogP contribution in [0.4, 0.5) is 4.79 Å². The van der Waals surface area contributed by atoms with Gasteiger partial charge < -0.3 is 20.3 Å². The minimum absolute atomic E-state index is 0. The molecule has 2 aliphatic heterocycles. The van der Waals surface area contributed by atoms with Gasteiger partial charge in [0.25, 0.3) is 0 Å². The first-order chi connectivity index (χ1) is 24.6. The minimum Gasteiger partial charge on any atom is -0.478 e. The zero-order valence-corrected chi connectivity index (χ0v) is 34.2. The molecule has 4 N–H and O–H groups in total. The van der Waals surface area contributed by atoms with Gasteiger partial charge in [0.1, 0.15) is 25.1 Å². The second kappa shape index (κ2) is 19.1. The maximum atomic E-state index is 14.8. The highest BCUT2D eigenvalue weighted by Gasteiger charge is 2.49. The molecule has 2 aromatic rings. The van der Waals surface area contributed by atoms with E-state index in [1.807, 2.05) is 0 Å². The summed E-state index contributed by atoms with van der Waals surface area (Å²) in [4.78, 5) is 54.1. The molecule has 2 aromatic carbocycles. The van der Waals surface area contributed by atoms with Crippen LogP contribution >= 0.6 is 48.0 Å². The Bertz CT molecular complexity index is 1780. The molecule has 0 aromatic heterocycles. The van der Waals surface area contributed by atoms with E-state index in [0.717, 1.165) is 32.1 Å². The Balaban J connectivity index is 0.00000392. The summed E-state index contributed by atoms with van der Waals surface area (Å²) in [5.74, 6) is -4.92. The number of carbonyl (C=O) groups excluding carboxylic acids is 2. The molecule has 1 unspecified atom stereocenters. The van der Waals surface area contributed by atoms with Gasteiger partial charge in [-0.2, -0.15) is 0 Å². The first-order valence-corrected chi connectivity index (χ1v) is 19.4. The van der Waals surface area contributed by atoms with Crippen LogP contribution in [0.5, 0.6) is 0 Å². The van der Waals surface area contributed by atoms with Crippen LogP contribution < -0.4 is 10.7 Å². The van der Waals surface area contributed by atoms with Gasteiger partial charge in [0.2, 0.25) is 0 Å². The molecule has 12 nitrogen and oxygen atoms in total. The van der Waals surface area contributed by atoms with E-state index in [9.17, 15) is 33.6 Å². The van der Waals surface area contributed by atoms with Gasteiger partial charge in [-0.3, -0.25) is 14.1 Å². The Morgan fingerprint density at radius 2 is 1.44 bits per heavy atom. The Morgan fingerprint density at radius 3 is 1.98 bits per heavy atom. The lowest BCUT2D eigenvalue weighted by Gasteiger charge is -2.48. The zero-order valence-electron chi connectivity index (χ0n) is 30.3. The first-order valence-electron chi connectivity index (χ1n) is 17.3. The van der Waals surface area contributed by atoms with Crippen molar-refractivity contribution in [1.82, 2.24) is 15.8 Å². The maximum Gasteiger partial charge on any atom is 0.422 e. The second-order valence-electron chi connectivity index (χ2n) is 14.3. The lowest BCUT2D eigenvalue weighted by Crippen LogP contribution is -2.69. The number of nitrogens with one attached hydrogen (secondary N) is 2. The third kappa shape index (κ3) is 10.4. The molecule has 3 aliphatic rings. The molecule has 0 radical (unpaired) electrons. The molecular weight excluding hydrogens is 802 g/mol. The van der Waals surface area contributed by atoms with Crippen LogP contribution in [0, 0.1) is 0 Å². The lowest BCUT2D eigenvalue weighted by molar-refractivity contribution is -0.886. The number of aliphatic carboxylic acids is 2. The summed E-state index contributed by atoms with van der Waals surface area (Å²) in [7, 11) is -1.74. The van der Waals surface area contributed by atoms with Crippen molar-refractivity contribution in [2.45, 2.75) is 81.8 Å². The van der Waals surface area contributed by atoms with Gasteiger partial charge in [-0.15, -0.1) is 24.8 Å². The van der Waals surface area contributed by atoms with Crippen LogP contribution in [0.2, 0.25) is 10.0 Å². The summed E-state index contributed by atoms with van der Waals surface area (Å²) >= 11 is 13.3. The van der Waals surface area contributed by atoms with E-state index in [0.29, 0.717) is 31.1 Å². The molecule has 296 valence electrons. The molecule has 0 spiro atoms. The van der Waals surface area contributed by atoms with Crippen molar-refractivity contribution in [2.75, 3.05) is 31.9 Å². The molecule has 1 saturated heterocycles. The number of carbonyl (C=O) groups is 4. The van der Waals surface area contributed by atoms with Crippen molar-refractivity contribution in [3.63, 3.8) is 0 Å². The Morgan fingerprint density at radius 1 is 0.889 bits per heavy atom. The number of halogens is 4. The molecule has 1 saturated carbocycles. The molecule has 2 fully saturated rings. The number of amides is 2. The zero-order chi connectivity index (χ0) is 37.8. The summed E-state index contributed by atoms with van der Waals surface area (Å²) < 4.78 is 19.1. The van der Waals surface area contributed by atoms with E-state index in [1.54, 1.807) is 62.2 Å². The average Bonchev–Trinajstić information content (AvgIpc) is 3.08. The Hall–Kier alpha value is -3.17. The quantitative estimate of drug-likeness (QED) is 0.187. The molecule has 17 heteroatoms. The van der Waals surface area contributed by atoms with Gasteiger partial charge in [0, 0.05) is 31.9 Å². The lowest BCUT2D eigenvalue weighted by atomic mass is 9.79. The largest absolute Gasteiger partial charge is 0.478 e. The number of hydrazine groups is 1. The normalized spacial score (nSPS) is 19.8. The van der Waals surface area contributed by atoms with E-state index >= 15 is 0 Å². The predicted octanol–water partition coefficient (Wildman–Crippen LogP) is 6.83. The van der Waals surface area contributed by atoms with E-state index in [-0.39, 0.29) is 91.6 Å². The van der Waals surface area contributed by atoms with Crippen LogP contribution in [0.1, 0.15) is 70.8 Å². The summed E-state index contributed by atoms with van der Waals surface area (Å²) in [6.07, 6.45) is 3.61. The second-order valence-corrected chi connectivity index (χ2v) is 16.6. The molecule has 1 aliphatic carbocycles. The van der Waals surface area contributed by atoms with Gasteiger partial charge in [-0.1, -0.05) is 53.9 Å². The molecule has 2 atom stereocenters. The number of hydrogen-bond acceptors (Lipinski definition) is 8. The highest BCUT2D eigenvalue weighted by Crippen LogP contribution is 2.45. The van der Waals surface area contributed by atoms with Crippen molar-refractivity contribution in [2.24, 2.45) is 0 Å². The van der Waals surface area contributed by atoms with Gasteiger partial charge in [-0.25, -0.2) is 24.2 Å². The number of hydrogen-bond donors (Lipinski definition) is 4. The summed E-state index contributed by atoms with van der Waals surface area (Å²) in [5, 5.41) is 26.2. The SMILES string of the molecule is CC(C)(C)OC(=O)NN1CC[N+](C(=O)CC2=C(C(=O)O)C(c3c(Cl)cccc3Cl)C(C(=O)O)=C(C[S@](=O)c3ccccc3)N2)(C2CCCCC2)CC1.Cl.Cl. The maximum absolute atomic E-state index is 14.8.